The molecule has 32 heavy (non-hydrogen) atoms. The number of fused-ring (bicyclic) bond motifs is 1. The quantitative estimate of drug-likeness (QED) is 0.344. The lowest BCUT2D eigenvalue weighted by molar-refractivity contribution is 0.0952. The minimum atomic E-state index is -0.0198. The summed E-state index contributed by atoms with van der Waals surface area (Å²) >= 11 is 1.72. The second-order valence-corrected chi connectivity index (χ2v) is 9.20. The topological polar surface area (TPSA) is 59.8 Å². The van der Waals surface area contributed by atoms with E-state index in [4.69, 9.17) is 4.98 Å². The van der Waals surface area contributed by atoms with Crippen molar-refractivity contribution in [3.63, 3.8) is 0 Å². The van der Waals surface area contributed by atoms with E-state index in [1.165, 1.54) is 5.56 Å². The van der Waals surface area contributed by atoms with Gasteiger partial charge in [-0.2, -0.15) is 0 Å². The molecule has 2 aromatic heterocycles. The molecule has 0 aliphatic heterocycles. The van der Waals surface area contributed by atoms with Crippen LogP contribution in [0.2, 0.25) is 0 Å². The highest BCUT2D eigenvalue weighted by molar-refractivity contribution is 7.98. The van der Waals surface area contributed by atoms with Crippen molar-refractivity contribution in [2.75, 3.05) is 6.54 Å². The van der Waals surface area contributed by atoms with Crippen LogP contribution in [-0.2, 0) is 12.3 Å². The molecule has 0 unspecified atom stereocenters. The second-order valence-electron chi connectivity index (χ2n) is 8.25. The van der Waals surface area contributed by atoms with Crippen LogP contribution in [0.3, 0.4) is 0 Å². The summed E-state index contributed by atoms with van der Waals surface area (Å²) in [6.07, 6.45) is 4.62. The van der Waals surface area contributed by atoms with Gasteiger partial charge in [-0.05, 0) is 41.7 Å². The first-order valence-corrected chi connectivity index (χ1v) is 11.9. The molecule has 2 heterocycles. The van der Waals surface area contributed by atoms with Crippen LogP contribution in [0.4, 0.5) is 0 Å². The van der Waals surface area contributed by atoms with Crippen LogP contribution in [0, 0.1) is 5.92 Å². The smallest absolute Gasteiger partial charge is 0.251 e. The number of amides is 1. The van der Waals surface area contributed by atoms with Crippen molar-refractivity contribution >= 4 is 28.7 Å². The van der Waals surface area contributed by atoms with Gasteiger partial charge in [0.1, 0.15) is 0 Å². The van der Waals surface area contributed by atoms with E-state index in [0.29, 0.717) is 24.6 Å². The lowest BCUT2D eigenvalue weighted by Gasteiger charge is -2.10. The zero-order valence-corrected chi connectivity index (χ0v) is 19.3. The SMILES string of the molecule is CC(C)CCNC(=O)c1ccc(Cn2c(SCc3ccccc3)nc3ccncc32)cc1. The van der Waals surface area contributed by atoms with E-state index < -0.39 is 0 Å². The number of carbonyl (C=O) groups is 1. The molecule has 1 N–H and O–H groups in total. The van der Waals surface area contributed by atoms with Crippen LogP contribution in [0.5, 0.6) is 0 Å². The molecular weight excluding hydrogens is 416 g/mol. The third kappa shape index (κ3) is 5.56. The first-order chi connectivity index (χ1) is 15.6. The van der Waals surface area contributed by atoms with Gasteiger partial charge in [-0.3, -0.25) is 9.78 Å². The van der Waals surface area contributed by atoms with E-state index in [9.17, 15) is 4.79 Å². The van der Waals surface area contributed by atoms with Gasteiger partial charge in [0, 0.05) is 24.1 Å². The van der Waals surface area contributed by atoms with Crippen LogP contribution in [0.25, 0.3) is 11.0 Å². The molecule has 0 saturated heterocycles. The first-order valence-electron chi connectivity index (χ1n) is 10.9. The van der Waals surface area contributed by atoms with Gasteiger partial charge in [-0.25, -0.2) is 4.98 Å². The van der Waals surface area contributed by atoms with Crippen molar-refractivity contribution in [3.8, 4) is 0 Å². The van der Waals surface area contributed by atoms with Gasteiger partial charge in [0.2, 0.25) is 0 Å². The average molecular weight is 445 g/mol. The van der Waals surface area contributed by atoms with Crippen molar-refractivity contribution in [1.29, 1.82) is 0 Å². The molecule has 0 saturated carbocycles. The number of hydrogen-bond donors (Lipinski definition) is 1. The largest absolute Gasteiger partial charge is 0.352 e. The summed E-state index contributed by atoms with van der Waals surface area (Å²) in [5.74, 6) is 1.41. The molecule has 0 atom stereocenters. The highest BCUT2D eigenvalue weighted by atomic mass is 32.2. The molecule has 2 aromatic carbocycles. The Bertz CT molecular complexity index is 1170. The van der Waals surface area contributed by atoms with Gasteiger partial charge in [-0.15, -0.1) is 0 Å². The Kier molecular flexibility index (Phi) is 7.22. The summed E-state index contributed by atoms with van der Waals surface area (Å²) in [5.41, 5.74) is 5.03. The van der Waals surface area contributed by atoms with E-state index >= 15 is 0 Å². The van der Waals surface area contributed by atoms with Gasteiger partial charge in [0.05, 0.1) is 23.8 Å². The number of imidazole rings is 1. The van der Waals surface area contributed by atoms with Crippen LogP contribution >= 0.6 is 11.8 Å². The highest BCUT2D eigenvalue weighted by Gasteiger charge is 2.13. The molecule has 0 spiro atoms. The number of nitrogens with zero attached hydrogens (tertiary/aromatic N) is 3. The van der Waals surface area contributed by atoms with Gasteiger partial charge in [-0.1, -0.05) is 68.1 Å². The summed E-state index contributed by atoms with van der Waals surface area (Å²) in [6, 6.07) is 20.2. The molecule has 1 amide bonds. The molecule has 0 aliphatic carbocycles. The van der Waals surface area contributed by atoms with Crippen LogP contribution in [0.1, 0.15) is 41.8 Å². The molecule has 0 fully saturated rings. The Balaban J connectivity index is 1.50. The van der Waals surface area contributed by atoms with Gasteiger partial charge < -0.3 is 9.88 Å². The number of nitrogens with one attached hydrogen (secondary N) is 1. The number of pyridine rings is 1. The predicted molar refractivity (Wildman–Crippen MR) is 131 cm³/mol. The lowest BCUT2D eigenvalue weighted by Crippen LogP contribution is -2.25. The monoisotopic (exact) mass is 444 g/mol. The maximum absolute atomic E-state index is 12.4. The standard InChI is InChI=1S/C26H28N4OS/c1-19(2)12-15-28-25(31)22-10-8-20(9-11-22)17-30-24-16-27-14-13-23(24)29-26(30)32-18-21-6-4-3-5-7-21/h3-11,13-14,16,19H,12,15,17-18H2,1-2H3,(H,28,31). The van der Waals surface area contributed by atoms with E-state index in [2.05, 4.69) is 53.0 Å². The minimum absolute atomic E-state index is 0.0198. The van der Waals surface area contributed by atoms with Crippen molar-refractivity contribution in [2.45, 2.75) is 37.7 Å². The minimum Gasteiger partial charge on any atom is -0.352 e. The normalized spacial score (nSPS) is 11.2. The van der Waals surface area contributed by atoms with Crippen molar-refractivity contribution in [2.24, 2.45) is 5.92 Å². The summed E-state index contributed by atoms with van der Waals surface area (Å²) in [5, 5.41) is 3.96. The molecule has 6 heteroatoms. The van der Waals surface area contributed by atoms with E-state index in [-0.39, 0.29) is 5.91 Å². The molecule has 4 rings (SSSR count). The molecule has 164 valence electrons. The van der Waals surface area contributed by atoms with E-state index in [1.807, 2.05) is 42.6 Å². The molecule has 5 nitrogen and oxygen atoms in total. The number of carbonyl (C=O) groups excluding carboxylic acids is 1. The third-order valence-electron chi connectivity index (χ3n) is 5.29. The third-order valence-corrected chi connectivity index (χ3v) is 6.34. The maximum Gasteiger partial charge on any atom is 0.251 e. The fourth-order valence-electron chi connectivity index (χ4n) is 3.45. The first kappa shape index (κ1) is 22.1. The molecule has 0 bridgehead atoms. The Hall–Kier alpha value is -3.12. The van der Waals surface area contributed by atoms with Crippen LogP contribution in [-0.4, -0.2) is 27.0 Å². The van der Waals surface area contributed by atoms with Gasteiger partial charge in [0.25, 0.3) is 5.91 Å². The number of benzene rings is 2. The van der Waals surface area contributed by atoms with Crippen LogP contribution < -0.4 is 5.32 Å². The van der Waals surface area contributed by atoms with Gasteiger partial charge >= 0.3 is 0 Å². The Morgan fingerprint density at radius 2 is 1.81 bits per heavy atom. The molecular formula is C26H28N4OS. The highest BCUT2D eigenvalue weighted by Crippen LogP contribution is 2.27. The van der Waals surface area contributed by atoms with Crippen molar-refractivity contribution < 1.29 is 4.79 Å². The van der Waals surface area contributed by atoms with Crippen molar-refractivity contribution in [3.05, 3.63) is 89.7 Å². The number of thioether (sulfide) groups is 1. The summed E-state index contributed by atoms with van der Waals surface area (Å²) in [4.78, 5) is 21.5. The Labute approximate surface area is 193 Å². The number of aromatic nitrogens is 3. The molecule has 4 aromatic rings. The zero-order valence-electron chi connectivity index (χ0n) is 18.5. The van der Waals surface area contributed by atoms with Gasteiger partial charge in [0.15, 0.2) is 5.16 Å². The second kappa shape index (κ2) is 10.5. The predicted octanol–water partition coefficient (Wildman–Crippen LogP) is 5.55. The summed E-state index contributed by atoms with van der Waals surface area (Å²) in [7, 11) is 0. The Morgan fingerprint density at radius 1 is 1.03 bits per heavy atom. The average Bonchev–Trinajstić information content (AvgIpc) is 3.16. The lowest BCUT2D eigenvalue weighted by atomic mass is 10.1. The zero-order chi connectivity index (χ0) is 22.3. The summed E-state index contributed by atoms with van der Waals surface area (Å²) in [6.45, 7) is 5.69. The molecule has 0 radical (unpaired) electrons. The van der Waals surface area contributed by atoms with E-state index in [1.54, 1.807) is 18.0 Å². The fourth-order valence-corrected chi connectivity index (χ4v) is 4.42. The summed E-state index contributed by atoms with van der Waals surface area (Å²) < 4.78 is 2.20. The maximum atomic E-state index is 12.4. The van der Waals surface area contributed by atoms with Crippen LogP contribution in [0.15, 0.2) is 78.2 Å². The number of rotatable bonds is 9. The Morgan fingerprint density at radius 3 is 2.56 bits per heavy atom. The number of hydrogen-bond acceptors (Lipinski definition) is 4. The fraction of sp³-hybridized carbons (Fsp3) is 0.269. The van der Waals surface area contributed by atoms with Crippen molar-refractivity contribution in [1.82, 2.24) is 19.9 Å². The van der Waals surface area contributed by atoms with E-state index in [0.717, 1.165) is 33.9 Å². The molecule has 0 aliphatic rings.